The average molecular weight is 305 g/mol. The molecule has 0 saturated carbocycles. The van der Waals surface area contributed by atoms with E-state index in [2.05, 4.69) is 6.92 Å². The van der Waals surface area contributed by atoms with E-state index in [1.807, 2.05) is 24.5 Å². The molecule has 0 N–H and O–H groups in total. The predicted octanol–water partition coefficient (Wildman–Crippen LogP) is 4.56. The number of rotatable bonds is 6. The second kappa shape index (κ2) is 6.94. The molecule has 0 bridgehead atoms. The Kier molecular flexibility index (Phi) is 5.23. The summed E-state index contributed by atoms with van der Waals surface area (Å²) in [6.45, 7) is 6.01. The van der Waals surface area contributed by atoms with Crippen molar-refractivity contribution in [2.45, 2.75) is 27.2 Å². The fourth-order valence-electron chi connectivity index (χ4n) is 2.42. The highest BCUT2D eigenvalue weighted by atomic mass is 32.2. The van der Waals surface area contributed by atoms with Crippen molar-refractivity contribution in [3.63, 3.8) is 0 Å². The van der Waals surface area contributed by atoms with Crippen molar-refractivity contribution in [1.82, 2.24) is 4.57 Å². The summed E-state index contributed by atoms with van der Waals surface area (Å²) in [6, 6.07) is 8.26. The molecule has 0 aliphatic rings. The van der Waals surface area contributed by atoms with Crippen LogP contribution in [0.4, 0.5) is 4.39 Å². The molecule has 0 amide bonds. The third-order valence-corrected chi connectivity index (χ3v) is 4.56. The second-order valence-electron chi connectivity index (χ2n) is 5.07. The zero-order valence-corrected chi connectivity index (χ0v) is 13.5. The van der Waals surface area contributed by atoms with E-state index in [9.17, 15) is 9.18 Å². The van der Waals surface area contributed by atoms with Crippen LogP contribution in [0.25, 0.3) is 5.69 Å². The van der Waals surface area contributed by atoms with Gasteiger partial charge in [0.15, 0.2) is 5.78 Å². The van der Waals surface area contributed by atoms with E-state index < -0.39 is 0 Å². The maximum absolute atomic E-state index is 13.0. The Labute approximate surface area is 129 Å². The van der Waals surface area contributed by atoms with Crippen LogP contribution in [0.15, 0.2) is 30.3 Å². The van der Waals surface area contributed by atoms with Gasteiger partial charge < -0.3 is 4.57 Å². The molecule has 2 nitrogen and oxygen atoms in total. The van der Waals surface area contributed by atoms with Crippen LogP contribution in [0.3, 0.4) is 0 Å². The lowest BCUT2D eigenvalue weighted by Gasteiger charge is -2.09. The first kappa shape index (κ1) is 15.8. The number of thioether (sulfide) groups is 1. The highest BCUT2D eigenvalue weighted by Gasteiger charge is 2.16. The first-order valence-corrected chi connectivity index (χ1v) is 8.26. The fraction of sp³-hybridized carbons (Fsp3) is 0.353. The molecule has 0 unspecified atom stereocenters. The molecule has 1 heterocycles. The molecule has 112 valence electrons. The van der Waals surface area contributed by atoms with Crippen molar-refractivity contribution < 1.29 is 9.18 Å². The van der Waals surface area contributed by atoms with Gasteiger partial charge in [0, 0.05) is 22.6 Å². The van der Waals surface area contributed by atoms with Crippen LogP contribution in [0.5, 0.6) is 0 Å². The number of hydrogen-bond acceptors (Lipinski definition) is 2. The molecule has 0 saturated heterocycles. The summed E-state index contributed by atoms with van der Waals surface area (Å²) in [5, 5.41) is 0. The van der Waals surface area contributed by atoms with Crippen LogP contribution < -0.4 is 0 Å². The number of Topliss-reactive ketones (excluding diaryl/α,β-unsaturated/α-hetero) is 1. The number of aromatic nitrogens is 1. The minimum Gasteiger partial charge on any atom is -0.318 e. The molecular formula is C17H20FNOS. The van der Waals surface area contributed by atoms with E-state index >= 15 is 0 Å². The quantitative estimate of drug-likeness (QED) is 0.576. The molecule has 2 aromatic rings. The molecule has 1 aromatic carbocycles. The zero-order valence-electron chi connectivity index (χ0n) is 12.6. The fourth-order valence-corrected chi connectivity index (χ4v) is 3.19. The molecule has 0 radical (unpaired) electrons. The Bertz CT molecular complexity index is 631. The Balaban J connectivity index is 2.29. The molecule has 4 heteroatoms. The normalized spacial score (nSPS) is 10.9. The van der Waals surface area contributed by atoms with Crippen molar-refractivity contribution in [3.8, 4) is 5.69 Å². The summed E-state index contributed by atoms with van der Waals surface area (Å²) < 4.78 is 15.0. The van der Waals surface area contributed by atoms with E-state index in [0.29, 0.717) is 5.75 Å². The molecule has 1 aromatic heterocycles. The number of carbonyl (C=O) groups excluding carboxylic acids is 1. The van der Waals surface area contributed by atoms with Gasteiger partial charge >= 0.3 is 0 Å². The van der Waals surface area contributed by atoms with Gasteiger partial charge in [0.05, 0.1) is 5.75 Å². The summed E-state index contributed by atoms with van der Waals surface area (Å²) in [5.41, 5.74) is 3.55. The van der Waals surface area contributed by atoms with E-state index in [4.69, 9.17) is 0 Å². The van der Waals surface area contributed by atoms with Crippen LogP contribution in [0.1, 0.15) is 35.1 Å². The van der Waals surface area contributed by atoms with Gasteiger partial charge in [0.2, 0.25) is 0 Å². The molecule has 0 atom stereocenters. The Hall–Kier alpha value is -1.55. The number of hydrogen-bond donors (Lipinski definition) is 0. The van der Waals surface area contributed by atoms with E-state index in [1.54, 1.807) is 23.9 Å². The molecule has 0 spiro atoms. The number of halogens is 1. The van der Waals surface area contributed by atoms with Crippen molar-refractivity contribution in [3.05, 3.63) is 53.1 Å². The van der Waals surface area contributed by atoms with Crippen LogP contribution in [-0.2, 0) is 0 Å². The summed E-state index contributed by atoms with van der Waals surface area (Å²) in [7, 11) is 0. The number of nitrogens with zero attached hydrogens (tertiary/aromatic N) is 1. The van der Waals surface area contributed by atoms with Gasteiger partial charge in [0.1, 0.15) is 5.82 Å². The first-order chi connectivity index (χ1) is 10.0. The summed E-state index contributed by atoms with van der Waals surface area (Å²) >= 11 is 1.67. The standard InChI is InChI=1S/C17H20FNOS/c1-4-9-21-11-17(20)16-10-12(2)19(13(16)3)15-7-5-14(18)6-8-15/h5-8,10H,4,9,11H2,1-3H3. The monoisotopic (exact) mass is 305 g/mol. The minimum atomic E-state index is -0.256. The van der Waals surface area contributed by atoms with Gasteiger partial charge in [-0.15, -0.1) is 0 Å². The van der Waals surface area contributed by atoms with Crippen LogP contribution >= 0.6 is 11.8 Å². The van der Waals surface area contributed by atoms with Crippen molar-refractivity contribution in [2.75, 3.05) is 11.5 Å². The minimum absolute atomic E-state index is 0.162. The van der Waals surface area contributed by atoms with Gasteiger partial charge in [-0.25, -0.2) is 4.39 Å². The molecule has 0 aliphatic heterocycles. The lowest BCUT2D eigenvalue weighted by molar-refractivity contribution is 0.102. The van der Waals surface area contributed by atoms with Gasteiger partial charge in [-0.2, -0.15) is 11.8 Å². The summed E-state index contributed by atoms with van der Waals surface area (Å²) in [6.07, 6.45) is 1.08. The zero-order chi connectivity index (χ0) is 15.4. The Morgan fingerprint density at radius 3 is 2.52 bits per heavy atom. The SMILES string of the molecule is CCCSCC(=O)c1cc(C)n(-c2ccc(F)cc2)c1C. The van der Waals surface area contributed by atoms with Crippen LogP contribution in [0, 0.1) is 19.7 Å². The second-order valence-corrected chi connectivity index (χ2v) is 6.18. The maximum atomic E-state index is 13.0. The lowest BCUT2D eigenvalue weighted by Crippen LogP contribution is -2.06. The van der Waals surface area contributed by atoms with Gasteiger partial charge in [0.25, 0.3) is 0 Å². The van der Waals surface area contributed by atoms with Gasteiger partial charge in [-0.3, -0.25) is 4.79 Å². The molecule has 0 fully saturated rings. The lowest BCUT2D eigenvalue weighted by atomic mass is 10.2. The predicted molar refractivity (Wildman–Crippen MR) is 87.1 cm³/mol. The number of carbonyl (C=O) groups is 1. The molecule has 0 aliphatic carbocycles. The Morgan fingerprint density at radius 1 is 1.24 bits per heavy atom. The first-order valence-electron chi connectivity index (χ1n) is 7.10. The highest BCUT2D eigenvalue weighted by Crippen LogP contribution is 2.22. The van der Waals surface area contributed by atoms with Crippen LogP contribution in [-0.4, -0.2) is 21.9 Å². The molecular weight excluding hydrogens is 285 g/mol. The maximum Gasteiger partial charge on any atom is 0.174 e. The number of aryl methyl sites for hydroxylation is 1. The van der Waals surface area contributed by atoms with Crippen molar-refractivity contribution in [2.24, 2.45) is 0 Å². The number of benzene rings is 1. The smallest absolute Gasteiger partial charge is 0.174 e. The summed E-state index contributed by atoms with van der Waals surface area (Å²) in [4.78, 5) is 12.3. The third-order valence-electron chi connectivity index (χ3n) is 3.40. The largest absolute Gasteiger partial charge is 0.318 e. The van der Waals surface area contributed by atoms with Crippen molar-refractivity contribution in [1.29, 1.82) is 0 Å². The molecule has 2 rings (SSSR count). The van der Waals surface area contributed by atoms with E-state index in [0.717, 1.165) is 34.8 Å². The average Bonchev–Trinajstić information content (AvgIpc) is 2.76. The van der Waals surface area contributed by atoms with Crippen LogP contribution in [0.2, 0.25) is 0 Å². The van der Waals surface area contributed by atoms with Gasteiger partial charge in [-0.1, -0.05) is 6.92 Å². The topological polar surface area (TPSA) is 22.0 Å². The van der Waals surface area contributed by atoms with Gasteiger partial charge in [-0.05, 0) is 56.4 Å². The molecule has 21 heavy (non-hydrogen) atoms. The van der Waals surface area contributed by atoms with Crippen molar-refractivity contribution >= 4 is 17.5 Å². The van der Waals surface area contributed by atoms with E-state index in [-0.39, 0.29) is 11.6 Å². The Morgan fingerprint density at radius 2 is 1.90 bits per heavy atom. The summed E-state index contributed by atoms with van der Waals surface area (Å²) in [5.74, 6) is 1.42. The number of ketones is 1. The highest BCUT2D eigenvalue weighted by molar-refractivity contribution is 7.99. The van der Waals surface area contributed by atoms with E-state index in [1.165, 1.54) is 12.1 Å². The third kappa shape index (κ3) is 3.56.